The molecule has 53 heavy (non-hydrogen) atoms. The summed E-state index contributed by atoms with van der Waals surface area (Å²) in [6, 6.07) is 17.6. The first-order chi connectivity index (χ1) is 25.6. The quantitative estimate of drug-likeness (QED) is 0.317. The molecule has 0 bridgehead atoms. The van der Waals surface area contributed by atoms with Gasteiger partial charge in [0.2, 0.25) is 11.8 Å². The Kier molecular flexibility index (Phi) is 9.39. The number of benzene rings is 3. The third kappa shape index (κ3) is 6.99. The van der Waals surface area contributed by atoms with Gasteiger partial charge in [0.25, 0.3) is 17.7 Å². The average Bonchev–Trinajstić information content (AvgIpc) is 3.83. The van der Waals surface area contributed by atoms with Crippen LogP contribution in [0.2, 0.25) is 5.02 Å². The number of ether oxygens (including phenoxy) is 1. The lowest BCUT2D eigenvalue weighted by molar-refractivity contribution is -0.136. The van der Waals surface area contributed by atoms with Gasteiger partial charge in [-0.3, -0.25) is 39.1 Å². The summed E-state index contributed by atoms with van der Waals surface area (Å²) >= 11 is 6.14. The number of carbonyl (C=O) groups excluding carboxylic acids is 5. The molecule has 13 heteroatoms. The Morgan fingerprint density at radius 2 is 1.60 bits per heavy atom. The van der Waals surface area contributed by atoms with Gasteiger partial charge >= 0.3 is 0 Å². The van der Waals surface area contributed by atoms with E-state index in [-0.39, 0.29) is 36.8 Å². The lowest BCUT2D eigenvalue weighted by Crippen LogP contribution is -2.54. The molecule has 1 unspecified atom stereocenters. The largest absolute Gasteiger partial charge is 0.490 e. The number of nitrogens with zero attached hydrogens (tertiary/aromatic N) is 4. The van der Waals surface area contributed by atoms with Crippen LogP contribution in [0.5, 0.6) is 5.75 Å². The zero-order chi connectivity index (χ0) is 36.8. The summed E-state index contributed by atoms with van der Waals surface area (Å²) in [7, 11) is 0. The van der Waals surface area contributed by atoms with Crippen LogP contribution in [0.25, 0.3) is 0 Å². The molecule has 8 rings (SSSR count). The zero-order valence-corrected chi connectivity index (χ0v) is 29.9. The molecule has 5 amide bonds. The molecule has 272 valence electrons. The SMILES string of the molecule is N#Cc1ccc(O[C@H]2CC[C@@H](NC(=O)c3ccc(N4CCC(CN5Cc6cc7c(cc6C5)C(=O)N(C5CCC(=O)NC5=O)C7=O)CC4)cc3)C2)cc1Cl. The van der Waals surface area contributed by atoms with Crippen LogP contribution in [0.1, 0.15) is 92.7 Å². The van der Waals surface area contributed by atoms with E-state index in [2.05, 4.69) is 20.4 Å². The Balaban J connectivity index is 0.793. The summed E-state index contributed by atoms with van der Waals surface area (Å²) in [4.78, 5) is 69.4. The van der Waals surface area contributed by atoms with Crippen molar-refractivity contribution < 1.29 is 28.7 Å². The summed E-state index contributed by atoms with van der Waals surface area (Å²) < 4.78 is 6.07. The van der Waals surface area contributed by atoms with Gasteiger partial charge in [-0.1, -0.05) is 11.6 Å². The second kappa shape index (κ2) is 14.3. The fourth-order valence-electron chi connectivity index (χ4n) is 8.43. The number of halogens is 1. The number of nitriles is 1. The number of amides is 5. The molecule has 5 aliphatic rings. The lowest BCUT2D eigenvalue weighted by Gasteiger charge is -2.35. The highest BCUT2D eigenvalue weighted by molar-refractivity contribution is 6.31. The number of fused-ring (bicyclic) bond motifs is 2. The second-order valence-corrected chi connectivity index (χ2v) is 15.1. The molecule has 0 radical (unpaired) electrons. The monoisotopic (exact) mass is 734 g/mol. The second-order valence-electron chi connectivity index (χ2n) is 14.7. The summed E-state index contributed by atoms with van der Waals surface area (Å²) in [5.41, 5.74) is 4.86. The first-order valence-electron chi connectivity index (χ1n) is 18.3. The molecule has 0 spiro atoms. The molecule has 1 aliphatic carbocycles. The number of hydrogen-bond donors (Lipinski definition) is 2. The Morgan fingerprint density at radius 3 is 2.25 bits per heavy atom. The molecular weight excluding hydrogens is 696 g/mol. The van der Waals surface area contributed by atoms with E-state index in [1.165, 1.54) is 0 Å². The van der Waals surface area contributed by atoms with Crippen LogP contribution in [0.4, 0.5) is 5.69 Å². The smallest absolute Gasteiger partial charge is 0.262 e. The molecule has 0 aromatic heterocycles. The van der Waals surface area contributed by atoms with Crippen LogP contribution in [-0.4, -0.2) is 77.2 Å². The van der Waals surface area contributed by atoms with Gasteiger partial charge in [-0.2, -0.15) is 5.26 Å². The van der Waals surface area contributed by atoms with Crippen LogP contribution in [0, 0.1) is 17.2 Å². The molecule has 4 aliphatic heterocycles. The third-order valence-corrected chi connectivity index (χ3v) is 11.6. The number of hydrogen-bond acceptors (Lipinski definition) is 9. The van der Waals surface area contributed by atoms with Crippen molar-refractivity contribution in [2.24, 2.45) is 5.92 Å². The van der Waals surface area contributed by atoms with Crippen molar-refractivity contribution in [2.75, 3.05) is 24.5 Å². The minimum Gasteiger partial charge on any atom is -0.490 e. The highest BCUT2D eigenvalue weighted by atomic mass is 35.5. The summed E-state index contributed by atoms with van der Waals surface area (Å²) in [6.45, 7) is 4.15. The van der Waals surface area contributed by atoms with Gasteiger partial charge in [-0.25, -0.2) is 0 Å². The van der Waals surface area contributed by atoms with Crippen molar-refractivity contribution in [3.05, 3.63) is 93.0 Å². The molecule has 3 aromatic carbocycles. The molecule has 4 heterocycles. The summed E-state index contributed by atoms with van der Waals surface area (Å²) in [6.07, 6.45) is 4.61. The fourth-order valence-corrected chi connectivity index (χ4v) is 8.64. The van der Waals surface area contributed by atoms with Gasteiger partial charge in [-0.15, -0.1) is 0 Å². The van der Waals surface area contributed by atoms with Crippen LogP contribution in [0.15, 0.2) is 54.6 Å². The van der Waals surface area contributed by atoms with Crippen LogP contribution in [-0.2, 0) is 22.7 Å². The Bertz CT molecular complexity index is 2010. The van der Waals surface area contributed by atoms with E-state index >= 15 is 0 Å². The molecule has 3 atom stereocenters. The van der Waals surface area contributed by atoms with Gasteiger partial charge in [0.1, 0.15) is 24.0 Å². The first-order valence-corrected chi connectivity index (χ1v) is 18.6. The zero-order valence-electron chi connectivity index (χ0n) is 29.1. The minimum atomic E-state index is -0.962. The maximum atomic E-state index is 13.3. The fraction of sp³-hybridized carbons (Fsp3) is 0.400. The Hall–Kier alpha value is -5.25. The first kappa shape index (κ1) is 34.8. The van der Waals surface area contributed by atoms with Gasteiger partial charge < -0.3 is 15.0 Å². The molecule has 12 nitrogen and oxygen atoms in total. The van der Waals surface area contributed by atoms with E-state index < -0.39 is 23.8 Å². The molecule has 3 aromatic rings. The Labute approximate surface area is 312 Å². The van der Waals surface area contributed by atoms with E-state index in [1.54, 1.807) is 18.2 Å². The lowest BCUT2D eigenvalue weighted by atomic mass is 9.95. The van der Waals surface area contributed by atoms with Crippen molar-refractivity contribution >= 4 is 46.8 Å². The van der Waals surface area contributed by atoms with Crippen molar-refractivity contribution in [1.29, 1.82) is 5.26 Å². The summed E-state index contributed by atoms with van der Waals surface area (Å²) in [5, 5.41) is 14.8. The normalized spacial score (nSPS) is 23.1. The van der Waals surface area contributed by atoms with Crippen molar-refractivity contribution in [3.63, 3.8) is 0 Å². The van der Waals surface area contributed by atoms with E-state index in [9.17, 15) is 24.0 Å². The van der Waals surface area contributed by atoms with Crippen molar-refractivity contribution in [3.8, 4) is 11.8 Å². The van der Waals surface area contributed by atoms with E-state index in [0.717, 1.165) is 67.0 Å². The highest BCUT2D eigenvalue weighted by Gasteiger charge is 2.45. The van der Waals surface area contributed by atoms with Crippen LogP contribution >= 0.6 is 11.6 Å². The highest BCUT2D eigenvalue weighted by Crippen LogP contribution is 2.35. The van der Waals surface area contributed by atoms with Gasteiger partial charge in [0.15, 0.2) is 0 Å². The predicted octanol–water partition coefficient (Wildman–Crippen LogP) is 4.57. The van der Waals surface area contributed by atoms with Gasteiger partial charge in [0.05, 0.1) is 21.7 Å². The maximum absolute atomic E-state index is 13.3. The molecule has 3 fully saturated rings. The number of rotatable bonds is 8. The summed E-state index contributed by atoms with van der Waals surface area (Å²) in [5.74, 6) is -0.897. The molecule has 2 N–H and O–H groups in total. The van der Waals surface area contributed by atoms with Gasteiger partial charge in [0, 0.05) is 68.9 Å². The number of imide groups is 2. The topological polar surface area (TPSA) is 152 Å². The van der Waals surface area contributed by atoms with Crippen LogP contribution in [0.3, 0.4) is 0 Å². The van der Waals surface area contributed by atoms with E-state index in [0.29, 0.717) is 58.5 Å². The number of nitrogens with one attached hydrogen (secondary N) is 2. The number of anilines is 1. The predicted molar refractivity (Wildman–Crippen MR) is 194 cm³/mol. The van der Waals surface area contributed by atoms with E-state index in [1.807, 2.05) is 42.5 Å². The van der Waals surface area contributed by atoms with E-state index in [4.69, 9.17) is 21.6 Å². The molecular formula is C40H39ClN6O6. The molecule has 1 saturated carbocycles. The van der Waals surface area contributed by atoms with Gasteiger partial charge in [-0.05, 0) is 97.7 Å². The van der Waals surface area contributed by atoms with Crippen molar-refractivity contribution in [2.45, 2.75) is 76.2 Å². The minimum absolute atomic E-state index is 0.0182. The third-order valence-electron chi connectivity index (χ3n) is 11.3. The average molecular weight is 735 g/mol. The Morgan fingerprint density at radius 1 is 0.906 bits per heavy atom. The number of carbonyl (C=O) groups is 5. The standard InChI is InChI=1S/C40H39ClN6O6/c41-34-18-31(7-3-25(34)19-42)53-30-8-4-28(17-30)43-37(49)24-1-5-29(6-2-24)46-13-11-23(12-14-46)20-45-21-26-15-32-33(16-27(26)22-45)40(52)47(39(32)51)35-9-10-36(48)44-38(35)50/h1-3,5-7,15-16,18,23,28,30,35H,4,8-14,17,20-22H2,(H,43,49)(H,44,48,50)/t28-,30+,35?/m1/s1. The maximum Gasteiger partial charge on any atom is 0.262 e. The molecule has 2 saturated heterocycles. The van der Waals surface area contributed by atoms with Crippen molar-refractivity contribution in [1.82, 2.24) is 20.4 Å². The van der Waals surface area contributed by atoms with Crippen LogP contribution < -0.4 is 20.3 Å². The number of piperidine rings is 2.